The Balaban J connectivity index is 2.39. The van der Waals surface area contributed by atoms with Crippen LogP contribution in [0.2, 0.25) is 0 Å². The fourth-order valence-electron chi connectivity index (χ4n) is 1.65. The number of benzene rings is 2. The molecule has 0 aliphatic rings. The van der Waals surface area contributed by atoms with Crippen LogP contribution in [-0.4, -0.2) is 10.8 Å². The summed E-state index contributed by atoms with van der Waals surface area (Å²) in [4.78, 5) is 21.5. The number of anilines is 1. The van der Waals surface area contributed by atoms with Gasteiger partial charge in [0.1, 0.15) is 11.4 Å². The van der Waals surface area contributed by atoms with Crippen molar-refractivity contribution in [2.45, 2.75) is 0 Å². The van der Waals surface area contributed by atoms with Crippen LogP contribution in [0.5, 0.6) is 0 Å². The molecule has 108 valence electrons. The normalized spacial score (nSPS) is 10.2. The molecular formula is C13H7BrF2N2O3. The number of rotatable bonds is 3. The summed E-state index contributed by atoms with van der Waals surface area (Å²) in [7, 11) is 0. The first-order valence-corrected chi connectivity index (χ1v) is 6.38. The van der Waals surface area contributed by atoms with Crippen molar-refractivity contribution in [3.63, 3.8) is 0 Å². The average molecular weight is 357 g/mol. The van der Waals surface area contributed by atoms with Crippen LogP contribution in [0.25, 0.3) is 0 Å². The van der Waals surface area contributed by atoms with E-state index in [4.69, 9.17) is 0 Å². The molecule has 1 amide bonds. The van der Waals surface area contributed by atoms with Crippen LogP contribution >= 0.6 is 15.9 Å². The molecule has 0 aromatic heterocycles. The molecule has 1 N–H and O–H groups in total. The van der Waals surface area contributed by atoms with Crippen molar-refractivity contribution in [2.75, 3.05) is 5.32 Å². The van der Waals surface area contributed by atoms with E-state index in [9.17, 15) is 23.7 Å². The van der Waals surface area contributed by atoms with E-state index in [0.29, 0.717) is 22.3 Å². The van der Waals surface area contributed by atoms with Crippen LogP contribution in [0.15, 0.2) is 40.9 Å². The van der Waals surface area contributed by atoms with Crippen LogP contribution in [0.1, 0.15) is 10.4 Å². The Kier molecular flexibility index (Phi) is 4.27. The predicted octanol–water partition coefficient (Wildman–Crippen LogP) is 3.89. The Labute approximate surface area is 125 Å². The van der Waals surface area contributed by atoms with Crippen molar-refractivity contribution < 1.29 is 18.5 Å². The van der Waals surface area contributed by atoms with Crippen molar-refractivity contribution in [3.05, 3.63) is 68.2 Å². The third kappa shape index (κ3) is 3.22. The van der Waals surface area contributed by atoms with E-state index in [0.717, 1.165) is 0 Å². The molecule has 2 aromatic carbocycles. The van der Waals surface area contributed by atoms with Gasteiger partial charge < -0.3 is 5.32 Å². The van der Waals surface area contributed by atoms with E-state index in [1.165, 1.54) is 12.1 Å². The molecular weight excluding hydrogens is 350 g/mol. The average Bonchev–Trinajstić information content (AvgIpc) is 2.38. The minimum atomic E-state index is -1.51. The molecule has 8 heteroatoms. The highest BCUT2D eigenvalue weighted by Crippen LogP contribution is 2.24. The molecule has 21 heavy (non-hydrogen) atoms. The lowest BCUT2D eigenvalue weighted by molar-refractivity contribution is -0.387. The van der Waals surface area contributed by atoms with E-state index in [2.05, 4.69) is 21.2 Å². The topological polar surface area (TPSA) is 72.2 Å². The highest BCUT2D eigenvalue weighted by molar-refractivity contribution is 9.10. The van der Waals surface area contributed by atoms with Crippen LogP contribution in [0, 0.1) is 21.7 Å². The third-order valence-corrected chi connectivity index (χ3v) is 3.07. The first kappa shape index (κ1) is 15.0. The molecule has 0 bridgehead atoms. The molecule has 0 unspecified atom stereocenters. The van der Waals surface area contributed by atoms with Gasteiger partial charge in [-0.3, -0.25) is 14.9 Å². The van der Waals surface area contributed by atoms with Crippen LogP contribution < -0.4 is 5.32 Å². The maximum absolute atomic E-state index is 13.9. The van der Waals surface area contributed by atoms with Gasteiger partial charge in [0.25, 0.3) is 5.91 Å². The number of amides is 1. The van der Waals surface area contributed by atoms with Crippen molar-refractivity contribution >= 4 is 33.2 Å². The molecule has 0 saturated heterocycles. The monoisotopic (exact) mass is 356 g/mol. The second-order valence-corrected chi connectivity index (χ2v) is 4.89. The van der Waals surface area contributed by atoms with E-state index < -0.39 is 33.7 Å². The Morgan fingerprint density at radius 1 is 1.24 bits per heavy atom. The van der Waals surface area contributed by atoms with Crippen LogP contribution in [-0.2, 0) is 0 Å². The van der Waals surface area contributed by atoms with E-state index >= 15 is 0 Å². The zero-order valence-electron chi connectivity index (χ0n) is 10.3. The van der Waals surface area contributed by atoms with Gasteiger partial charge in [0.05, 0.1) is 4.92 Å². The standard InChI is InChI=1S/C13H7BrF2N2O3/c14-7-2-1-3-8(6-7)17-13(19)11-9(15)4-5-10(12(11)16)18(20)21/h1-6H,(H,17,19). The molecule has 0 heterocycles. The second kappa shape index (κ2) is 5.96. The van der Waals surface area contributed by atoms with Crippen molar-refractivity contribution in [1.29, 1.82) is 0 Å². The van der Waals surface area contributed by atoms with Gasteiger partial charge in [0.2, 0.25) is 5.82 Å². The lowest BCUT2D eigenvalue weighted by Gasteiger charge is -2.07. The maximum Gasteiger partial charge on any atom is 0.305 e. The quantitative estimate of drug-likeness (QED) is 0.669. The molecule has 2 aromatic rings. The summed E-state index contributed by atoms with van der Waals surface area (Å²) < 4.78 is 28.1. The van der Waals surface area contributed by atoms with Gasteiger partial charge in [-0.05, 0) is 24.3 Å². The molecule has 0 aliphatic carbocycles. The van der Waals surface area contributed by atoms with Gasteiger partial charge in [0, 0.05) is 16.2 Å². The largest absolute Gasteiger partial charge is 0.322 e. The minimum Gasteiger partial charge on any atom is -0.322 e. The molecule has 0 atom stereocenters. The number of nitro groups is 1. The summed E-state index contributed by atoms with van der Waals surface area (Å²) in [6.07, 6.45) is 0. The summed E-state index contributed by atoms with van der Waals surface area (Å²) in [5, 5.41) is 12.9. The van der Waals surface area contributed by atoms with Gasteiger partial charge >= 0.3 is 5.69 Å². The number of nitro benzene ring substituents is 1. The number of hydrogen-bond donors (Lipinski definition) is 1. The summed E-state index contributed by atoms with van der Waals surface area (Å²) >= 11 is 3.18. The Morgan fingerprint density at radius 2 is 1.95 bits per heavy atom. The fourth-order valence-corrected chi connectivity index (χ4v) is 2.05. The second-order valence-electron chi connectivity index (χ2n) is 3.98. The molecule has 0 radical (unpaired) electrons. The van der Waals surface area contributed by atoms with E-state index in [-0.39, 0.29) is 0 Å². The molecule has 2 rings (SSSR count). The first-order chi connectivity index (χ1) is 9.90. The van der Waals surface area contributed by atoms with Gasteiger partial charge in [-0.25, -0.2) is 4.39 Å². The van der Waals surface area contributed by atoms with E-state index in [1.54, 1.807) is 12.1 Å². The highest BCUT2D eigenvalue weighted by atomic mass is 79.9. The first-order valence-electron chi connectivity index (χ1n) is 5.59. The molecule has 0 saturated carbocycles. The third-order valence-electron chi connectivity index (χ3n) is 2.58. The number of nitrogens with zero attached hydrogens (tertiary/aromatic N) is 1. The smallest absolute Gasteiger partial charge is 0.305 e. The Bertz CT molecular complexity index is 737. The van der Waals surface area contributed by atoms with E-state index in [1.807, 2.05) is 0 Å². The SMILES string of the molecule is O=C(Nc1cccc(Br)c1)c1c(F)ccc([N+](=O)[O-])c1F. The summed E-state index contributed by atoms with van der Waals surface area (Å²) in [5.74, 6) is -3.79. The minimum absolute atomic E-state index is 0.291. The van der Waals surface area contributed by atoms with Gasteiger partial charge in [-0.2, -0.15) is 4.39 Å². The predicted molar refractivity (Wildman–Crippen MR) is 75.1 cm³/mol. The lowest BCUT2D eigenvalue weighted by atomic mass is 10.1. The van der Waals surface area contributed by atoms with Crippen LogP contribution in [0.3, 0.4) is 0 Å². The maximum atomic E-state index is 13.9. The fraction of sp³-hybridized carbons (Fsp3) is 0. The van der Waals surface area contributed by atoms with Gasteiger partial charge in [-0.15, -0.1) is 0 Å². The number of carbonyl (C=O) groups is 1. The van der Waals surface area contributed by atoms with Crippen molar-refractivity contribution in [1.82, 2.24) is 0 Å². The summed E-state index contributed by atoms with van der Waals surface area (Å²) in [6.45, 7) is 0. The number of carbonyl (C=O) groups excluding carboxylic acids is 1. The van der Waals surface area contributed by atoms with Gasteiger partial charge in [-0.1, -0.05) is 22.0 Å². The molecule has 0 aliphatic heterocycles. The summed E-state index contributed by atoms with van der Waals surface area (Å²) in [6, 6.07) is 7.68. The number of halogens is 3. The summed E-state index contributed by atoms with van der Waals surface area (Å²) in [5.41, 5.74) is -1.67. The van der Waals surface area contributed by atoms with Crippen molar-refractivity contribution in [2.24, 2.45) is 0 Å². The number of hydrogen-bond acceptors (Lipinski definition) is 3. The zero-order valence-corrected chi connectivity index (χ0v) is 11.9. The molecule has 5 nitrogen and oxygen atoms in total. The molecule has 0 spiro atoms. The number of nitrogens with one attached hydrogen (secondary N) is 1. The van der Waals surface area contributed by atoms with Gasteiger partial charge in [0.15, 0.2) is 0 Å². The lowest BCUT2D eigenvalue weighted by Crippen LogP contribution is -2.16. The zero-order chi connectivity index (χ0) is 15.6. The Morgan fingerprint density at radius 3 is 2.57 bits per heavy atom. The molecule has 0 fully saturated rings. The van der Waals surface area contributed by atoms with Crippen LogP contribution in [0.4, 0.5) is 20.2 Å². The van der Waals surface area contributed by atoms with Crippen molar-refractivity contribution in [3.8, 4) is 0 Å². The highest BCUT2D eigenvalue weighted by Gasteiger charge is 2.26. The Hall–Kier alpha value is -2.35.